The highest BCUT2D eigenvalue weighted by Crippen LogP contribution is 2.63. The first-order valence-corrected chi connectivity index (χ1v) is 19.6. The minimum Gasteiger partial charge on any atom is -0.309 e. The van der Waals surface area contributed by atoms with E-state index in [4.69, 9.17) is 9.97 Å². The lowest BCUT2D eigenvalue weighted by molar-refractivity contribution is 0.795. The summed E-state index contributed by atoms with van der Waals surface area (Å²) >= 11 is 0. The molecule has 4 heteroatoms. The van der Waals surface area contributed by atoms with Crippen LogP contribution in [0, 0.1) is 11.3 Å². The standard InChI is InChI=1S/C54H32N4/c55-33-34-25-27-36(28-26-34)53-56-49(35-13-2-1-3-14-35)32-50(57-53)37-15-12-16-38(29-37)58-51-24-11-7-20-42(51)44-30-48-43(31-52(44)58)41-19-6-10-23-47(41)54(48)45-21-8-4-17-39(45)40-18-5-9-22-46(40)54/h1-32H. The number of rotatable bonds is 4. The van der Waals surface area contributed by atoms with Gasteiger partial charge in [-0.2, -0.15) is 5.26 Å². The molecule has 0 bridgehead atoms. The van der Waals surface area contributed by atoms with Crippen molar-refractivity contribution in [1.82, 2.24) is 14.5 Å². The lowest BCUT2D eigenvalue weighted by Crippen LogP contribution is -2.25. The minimum absolute atomic E-state index is 0.410. The Morgan fingerprint density at radius 1 is 0.414 bits per heavy atom. The van der Waals surface area contributed by atoms with Gasteiger partial charge in [-0.3, -0.25) is 0 Å². The summed E-state index contributed by atoms with van der Waals surface area (Å²) in [5.41, 5.74) is 18.6. The number of nitriles is 1. The van der Waals surface area contributed by atoms with E-state index in [1.165, 1.54) is 55.3 Å². The van der Waals surface area contributed by atoms with Gasteiger partial charge in [0.15, 0.2) is 5.82 Å². The maximum atomic E-state index is 9.45. The van der Waals surface area contributed by atoms with E-state index in [1.807, 2.05) is 42.5 Å². The van der Waals surface area contributed by atoms with Crippen LogP contribution in [0.1, 0.15) is 27.8 Å². The Morgan fingerprint density at radius 3 is 1.69 bits per heavy atom. The fraction of sp³-hybridized carbons (Fsp3) is 0.0185. The summed E-state index contributed by atoms with van der Waals surface area (Å²) in [4.78, 5) is 10.2. The zero-order valence-corrected chi connectivity index (χ0v) is 31.3. The van der Waals surface area contributed by atoms with Gasteiger partial charge in [0, 0.05) is 33.2 Å². The SMILES string of the molecule is N#Cc1ccc(-c2nc(-c3ccccc3)cc(-c3cccc(-n4c5ccccc5c5cc6c(cc54)-c4ccccc4C64c5ccccc5-c5ccccc54)c3)n2)cc1. The summed E-state index contributed by atoms with van der Waals surface area (Å²) in [6.07, 6.45) is 0. The minimum atomic E-state index is -0.410. The molecule has 0 radical (unpaired) electrons. The molecule has 0 N–H and O–H groups in total. The third kappa shape index (κ3) is 4.50. The zero-order chi connectivity index (χ0) is 38.4. The molecule has 12 rings (SSSR count). The van der Waals surface area contributed by atoms with E-state index < -0.39 is 5.41 Å². The van der Waals surface area contributed by atoms with Crippen LogP contribution >= 0.6 is 0 Å². The van der Waals surface area contributed by atoms with Gasteiger partial charge in [-0.25, -0.2) is 9.97 Å². The number of benzene rings is 8. The maximum Gasteiger partial charge on any atom is 0.160 e. The predicted octanol–water partition coefficient (Wildman–Crippen LogP) is 12.8. The van der Waals surface area contributed by atoms with Crippen molar-refractivity contribution in [2.45, 2.75) is 5.41 Å². The van der Waals surface area contributed by atoms with Gasteiger partial charge in [-0.1, -0.05) is 133 Å². The van der Waals surface area contributed by atoms with Gasteiger partial charge < -0.3 is 4.57 Å². The number of fused-ring (bicyclic) bond motifs is 13. The Bertz CT molecular complexity index is 3300. The lowest BCUT2D eigenvalue weighted by Gasteiger charge is -2.30. The Balaban J connectivity index is 1.09. The number of para-hydroxylation sites is 1. The van der Waals surface area contributed by atoms with Crippen LogP contribution in [-0.2, 0) is 5.41 Å². The number of hydrogen-bond acceptors (Lipinski definition) is 3. The highest BCUT2D eigenvalue weighted by atomic mass is 15.0. The van der Waals surface area contributed by atoms with Crippen molar-refractivity contribution in [3.05, 3.63) is 222 Å². The van der Waals surface area contributed by atoms with Crippen LogP contribution in [0.2, 0.25) is 0 Å². The fourth-order valence-electron chi connectivity index (χ4n) is 9.81. The van der Waals surface area contributed by atoms with E-state index in [1.54, 1.807) is 0 Å². The summed E-state index contributed by atoms with van der Waals surface area (Å²) in [6, 6.07) is 71.4. The van der Waals surface area contributed by atoms with E-state index >= 15 is 0 Å². The van der Waals surface area contributed by atoms with Crippen LogP contribution in [0.25, 0.3) is 83.6 Å². The van der Waals surface area contributed by atoms with Crippen LogP contribution in [0.15, 0.2) is 194 Å². The van der Waals surface area contributed by atoms with Crippen LogP contribution in [0.5, 0.6) is 0 Å². The first kappa shape index (κ1) is 32.4. The van der Waals surface area contributed by atoms with Crippen LogP contribution < -0.4 is 0 Å². The molecule has 10 aromatic rings. The Kier molecular flexibility index (Phi) is 6.88. The van der Waals surface area contributed by atoms with Gasteiger partial charge in [-0.05, 0) is 105 Å². The molecular formula is C54H32N4. The molecule has 0 unspecified atom stereocenters. The molecule has 0 amide bonds. The molecule has 2 heterocycles. The van der Waals surface area contributed by atoms with E-state index in [2.05, 4.69) is 162 Å². The molecule has 0 aliphatic heterocycles. The molecule has 8 aromatic carbocycles. The largest absolute Gasteiger partial charge is 0.309 e. The molecule has 2 aromatic heterocycles. The second-order valence-corrected chi connectivity index (χ2v) is 15.2. The van der Waals surface area contributed by atoms with Gasteiger partial charge >= 0.3 is 0 Å². The summed E-state index contributed by atoms with van der Waals surface area (Å²) < 4.78 is 2.42. The Hall–Kier alpha value is -7.87. The highest BCUT2D eigenvalue weighted by molar-refractivity contribution is 6.12. The second kappa shape index (κ2) is 12.3. The molecule has 2 aliphatic carbocycles. The second-order valence-electron chi connectivity index (χ2n) is 15.2. The average molecular weight is 737 g/mol. The van der Waals surface area contributed by atoms with Crippen LogP contribution in [0.3, 0.4) is 0 Å². The summed E-state index contributed by atoms with van der Waals surface area (Å²) in [7, 11) is 0. The maximum absolute atomic E-state index is 9.45. The zero-order valence-electron chi connectivity index (χ0n) is 31.3. The first-order valence-electron chi connectivity index (χ1n) is 19.6. The molecule has 268 valence electrons. The van der Waals surface area contributed by atoms with Crippen molar-refractivity contribution in [3.8, 4) is 67.9 Å². The number of hydrogen-bond donors (Lipinski definition) is 0. The van der Waals surface area contributed by atoms with E-state index in [9.17, 15) is 5.26 Å². The van der Waals surface area contributed by atoms with Crippen LogP contribution in [-0.4, -0.2) is 14.5 Å². The summed E-state index contributed by atoms with van der Waals surface area (Å²) in [5, 5.41) is 11.9. The third-order valence-corrected chi connectivity index (χ3v) is 12.3. The summed E-state index contributed by atoms with van der Waals surface area (Å²) in [5.74, 6) is 0.612. The molecule has 2 aliphatic rings. The predicted molar refractivity (Wildman–Crippen MR) is 234 cm³/mol. The van der Waals surface area contributed by atoms with Gasteiger partial charge in [0.05, 0.1) is 39.5 Å². The summed E-state index contributed by atoms with van der Waals surface area (Å²) in [6.45, 7) is 0. The van der Waals surface area contributed by atoms with Gasteiger partial charge in [0.2, 0.25) is 0 Å². The molecular weight excluding hydrogens is 705 g/mol. The molecule has 58 heavy (non-hydrogen) atoms. The van der Waals surface area contributed by atoms with E-state index in [0.29, 0.717) is 11.4 Å². The number of nitrogens with zero attached hydrogens (tertiary/aromatic N) is 4. The van der Waals surface area contributed by atoms with Crippen molar-refractivity contribution >= 4 is 21.8 Å². The van der Waals surface area contributed by atoms with E-state index in [-0.39, 0.29) is 0 Å². The normalized spacial score (nSPS) is 12.9. The molecule has 0 saturated heterocycles. The van der Waals surface area contributed by atoms with Crippen molar-refractivity contribution in [2.75, 3.05) is 0 Å². The van der Waals surface area contributed by atoms with Gasteiger partial charge in [0.25, 0.3) is 0 Å². The third-order valence-electron chi connectivity index (χ3n) is 12.3. The monoisotopic (exact) mass is 736 g/mol. The van der Waals surface area contributed by atoms with Crippen molar-refractivity contribution in [1.29, 1.82) is 5.26 Å². The lowest BCUT2D eigenvalue weighted by atomic mass is 9.70. The average Bonchev–Trinajstić information content (AvgIpc) is 3.90. The molecule has 0 atom stereocenters. The van der Waals surface area contributed by atoms with Crippen molar-refractivity contribution < 1.29 is 0 Å². The topological polar surface area (TPSA) is 54.5 Å². The first-order chi connectivity index (χ1) is 28.7. The quantitative estimate of drug-likeness (QED) is 0.181. The number of aromatic nitrogens is 3. The molecule has 1 spiro atoms. The smallest absolute Gasteiger partial charge is 0.160 e. The molecule has 4 nitrogen and oxygen atoms in total. The van der Waals surface area contributed by atoms with E-state index in [0.717, 1.165) is 44.8 Å². The fourth-order valence-corrected chi connectivity index (χ4v) is 9.81. The Morgan fingerprint density at radius 2 is 1.00 bits per heavy atom. The van der Waals surface area contributed by atoms with Crippen molar-refractivity contribution in [3.63, 3.8) is 0 Å². The van der Waals surface area contributed by atoms with Crippen molar-refractivity contribution in [2.24, 2.45) is 0 Å². The Labute approximate surface area is 335 Å². The molecule has 0 saturated carbocycles. The van der Waals surface area contributed by atoms with Gasteiger partial charge in [-0.15, -0.1) is 0 Å². The molecule has 0 fully saturated rings. The highest BCUT2D eigenvalue weighted by Gasteiger charge is 2.51. The van der Waals surface area contributed by atoms with Crippen LogP contribution in [0.4, 0.5) is 0 Å². The van der Waals surface area contributed by atoms with Gasteiger partial charge in [0.1, 0.15) is 0 Å².